The summed E-state index contributed by atoms with van der Waals surface area (Å²) in [6.45, 7) is 2.15. The van der Waals surface area contributed by atoms with Crippen molar-refractivity contribution >= 4 is 46.6 Å². The van der Waals surface area contributed by atoms with Crippen molar-refractivity contribution in [2.75, 3.05) is 10.2 Å². The molecule has 6 aromatic carbocycles. The second kappa shape index (κ2) is 9.20. The van der Waals surface area contributed by atoms with Gasteiger partial charge < -0.3 is 24.4 Å². The normalized spacial score (nSPS) is 13.0. The molecule has 43 heavy (non-hydrogen) atoms. The van der Waals surface area contributed by atoms with Gasteiger partial charge in [0.2, 0.25) is 0 Å². The number of anilines is 5. The zero-order valence-corrected chi connectivity index (χ0v) is 23.3. The van der Waals surface area contributed by atoms with Crippen molar-refractivity contribution in [3.05, 3.63) is 127 Å². The fourth-order valence-electron chi connectivity index (χ4n) is 6.27. The molecule has 0 saturated carbocycles. The average molecular weight is 555 g/mol. The van der Waals surface area contributed by atoms with Gasteiger partial charge in [0.25, 0.3) is 0 Å². The van der Waals surface area contributed by atoms with E-state index in [9.17, 15) is 0 Å². The van der Waals surface area contributed by atoms with Crippen LogP contribution in [0.25, 0.3) is 11.1 Å². The van der Waals surface area contributed by atoms with E-state index in [1.54, 1.807) is 0 Å². The van der Waals surface area contributed by atoms with Crippen LogP contribution in [0.1, 0.15) is 5.56 Å². The summed E-state index contributed by atoms with van der Waals surface area (Å²) in [6.07, 6.45) is 0. The van der Waals surface area contributed by atoms with Crippen LogP contribution in [-0.2, 0) is 0 Å². The number of benzene rings is 6. The Kier molecular flexibility index (Phi) is 5.14. The molecule has 5 nitrogen and oxygen atoms in total. The van der Waals surface area contributed by atoms with Crippen LogP contribution in [0.3, 0.4) is 0 Å². The van der Waals surface area contributed by atoms with E-state index in [-0.39, 0.29) is 0 Å². The Hall–Kier alpha value is -5.62. The van der Waals surface area contributed by atoms with E-state index in [0.717, 1.165) is 67.6 Å². The Balaban J connectivity index is 1.27. The second-order valence-electron chi connectivity index (χ2n) is 11.0. The number of para-hydroxylation sites is 6. The fraction of sp³-hybridized carbons (Fsp3) is 0.0270. The maximum atomic E-state index is 6.40. The largest absolute Gasteiger partial charge is 0.453 e. The van der Waals surface area contributed by atoms with E-state index >= 15 is 0 Å². The van der Waals surface area contributed by atoms with Crippen LogP contribution < -0.4 is 35.4 Å². The molecule has 6 aromatic rings. The van der Waals surface area contributed by atoms with Gasteiger partial charge in [-0.25, -0.2) is 0 Å². The summed E-state index contributed by atoms with van der Waals surface area (Å²) in [5.41, 5.74) is 10.6. The summed E-state index contributed by atoms with van der Waals surface area (Å²) >= 11 is 0. The molecule has 0 atom stereocenters. The quantitative estimate of drug-likeness (QED) is 0.221. The van der Waals surface area contributed by atoms with Crippen LogP contribution in [-0.4, -0.2) is 7.28 Å². The average Bonchev–Trinajstić information content (AvgIpc) is 3.04. The molecule has 203 valence electrons. The number of aryl methyl sites for hydroxylation is 1. The number of rotatable bonds is 3. The van der Waals surface area contributed by atoms with Crippen molar-refractivity contribution in [3.8, 4) is 45.6 Å². The lowest BCUT2D eigenvalue weighted by atomic mass is 9.58. The van der Waals surface area contributed by atoms with Crippen molar-refractivity contribution in [1.29, 1.82) is 0 Å². The maximum absolute atomic E-state index is 6.40. The fourth-order valence-corrected chi connectivity index (χ4v) is 6.27. The van der Waals surface area contributed by atoms with Crippen LogP contribution >= 0.6 is 0 Å². The number of ether oxygens (including phenoxy) is 3. The summed E-state index contributed by atoms with van der Waals surface area (Å²) in [4.78, 5) is 2.34. The highest BCUT2D eigenvalue weighted by atomic mass is 16.6. The number of nitrogens with zero attached hydrogens (tertiary/aromatic N) is 1. The first-order valence-corrected chi connectivity index (χ1v) is 14.3. The van der Waals surface area contributed by atoms with Gasteiger partial charge in [-0.3, -0.25) is 0 Å². The number of hydrogen-bond acceptors (Lipinski definition) is 5. The van der Waals surface area contributed by atoms with Crippen molar-refractivity contribution in [2.24, 2.45) is 0 Å². The van der Waals surface area contributed by atoms with Crippen molar-refractivity contribution < 1.29 is 14.2 Å². The lowest BCUT2D eigenvalue weighted by Crippen LogP contribution is -2.42. The van der Waals surface area contributed by atoms with Crippen molar-refractivity contribution in [3.63, 3.8) is 0 Å². The van der Waals surface area contributed by atoms with Gasteiger partial charge in [-0.1, -0.05) is 66.1 Å². The van der Waals surface area contributed by atoms with E-state index < -0.39 is 0 Å². The molecule has 1 N–H and O–H groups in total. The molecule has 0 spiro atoms. The SMILES string of the molecule is Cc1cc(-c2cc3c(cc2Nc2ccccc2)Oc2ccccc2O3)c2c(c1)N1c3ccccc3Oc3cccc(c31)[B]2. The molecule has 0 fully saturated rings. The standard InChI is InChI=1S/C37H24BN2O3/c1-22-18-25(36-29(19-22)40-28-13-5-6-14-30(28)41-33-17-9-12-26(38-36)37(33)40)24-20-34-35(43-32-16-8-7-15-31(32)42-34)21-27(24)39-23-10-3-2-4-11-23/h2-21,39H,1H3. The van der Waals surface area contributed by atoms with Gasteiger partial charge in [0.1, 0.15) is 0 Å². The second-order valence-corrected chi connectivity index (χ2v) is 11.0. The smallest absolute Gasteiger partial charge is 0.198 e. The third kappa shape index (κ3) is 3.80. The summed E-state index contributed by atoms with van der Waals surface area (Å²) in [7, 11) is 2.27. The lowest BCUT2D eigenvalue weighted by Gasteiger charge is -2.39. The van der Waals surface area contributed by atoms with Gasteiger partial charge in [0.05, 0.1) is 17.1 Å². The Morgan fingerprint density at radius 1 is 0.558 bits per heavy atom. The first-order valence-electron chi connectivity index (χ1n) is 14.3. The summed E-state index contributed by atoms with van der Waals surface area (Å²) < 4.78 is 19.1. The number of nitrogens with one attached hydrogen (secondary N) is 1. The van der Waals surface area contributed by atoms with Gasteiger partial charge >= 0.3 is 0 Å². The van der Waals surface area contributed by atoms with Crippen molar-refractivity contribution in [2.45, 2.75) is 6.92 Å². The minimum absolute atomic E-state index is 0.670. The summed E-state index contributed by atoms with van der Waals surface area (Å²) in [5.74, 6) is 4.45. The van der Waals surface area contributed by atoms with Crippen LogP contribution in [0.4, 0.5) is 28.4 Å². The van der Waals surface area contributed by atoms with E-state index in [2.05, 4.69) is 79.0 Å². The minimum Gasteiger partial charge on any atom is -0.453 e. The molecule has 3 aliphatic rings. The maximum Gasteiger partial charge on any atom is 0.198 e. The monoisotopic (exact) mass is 555 g/mol. The molecule has 3 heterocycles. The first kappa shape index (κ1) is 24.0. The molecule has 6 heteroatoms. The highest BCUT2D eigenvalue weighted by Gasteiger charge is 2.35. The number of hydrogen-bond donors (Lipinski definition) is 1. The van der Waals surface area contributed by atoms with Crippen molar-refractivity contribution in [1.82, 2.24) is 0 Å². The van der Waals surface area contributed by atoms with Gasteiger partial charge in [0, 0.05) is 23.0 Å². The molecular weight excluding hydrogens is 531 g/mol. The van der Waals surface area contributed by atoms with E-state index in [0.29, 0.717) is 23.0 Å². The number of fused-ring (bicyclic) bond motifs is 6. The molecule has 9 rings (SSSR count). The topological polar surface area (TPSA) is 43.0 Å². The Morgan fingerprint density at radius 2 is 1.23 bits per heavy atom. The van der Waals surface area contributed by atoms with Crippen LogP contribution in [0.5, 0.6) is 34.5 Å². The van der Waals surface area contributed by atoms with E-state index in [4.69, 9.17) is 14.2 Å². The Labute approximate surface area is 250 Å². The van der Waals surface area contributed by atoms with Gasteiger partial charge in [-0.05, 0) is 78.1 Å². The summed E-state index contributed by atoms with van der Waals surface area (Å²) in [6, 6.07) is 41.1. The van der Waals surface area contributed by atoms with Crippen LogP contribution in [0.2, 0.25) is 0 Å². The van der Waals surface area contributed by atoms with Crippen LogP contribution in [0.15, 0.2) is 121 Å². The zero-order valence-electron chi connectivity index (χ0n) is 23.3. The molecule has 3 aliphatic heterocycles. The minimum atomic E-state index is 0.670. The third-order valence-electron chi connectivity index (χ3n) is 8.14. The molecule has 0 saturated heterocycles. The molecular formula is C37H24BN2O3. The van der Waals surface area contributed by atoms with Gasteiger partial charge in [-0.15, -0.1) is 0 Å². The molecule has 0 aliphatic carbocycles. The molecule has 0 bridgehead atoms. The lowest BCUT2D eigenvalue weighted by molar-refractivity contribution is 0.360. The van der Waals surface area contributed by atoms with Crippen LogP contribution in [0, 0.1) is 6.92 Å². The molecule has 0 unspecified atom stereocenters. The Morgan fingerprint density at radius 3 is 2.05 bits per heavy atom. The molecule has 1 radical (unpaired) electrons. The predicted octanol–water partition coefficient (Wildman–Crippen LogP) is 8.85. The van der Waals surface area contributed by atoms with Gasteiger partial charge in [-0.2, -0.15) is 0 Å². The predicted molar refractivity (Wildman–Crippen MR) is 173 cm³/mol. The third-order valence-corrected chi connectivity index (χ3v) is 8.14. The Bertz CT molecular complexity index is 2090. The summed E-state index contributed by atoms with van der Waals surface area (Å²) in [5, 5.41) is 3.67. The first-order chi connectivity index (χ1) is 21.2. The van der Waals surface area contributed by atoms with E-state index in [1.807, 2.05) is 66.7 Å². The van der Waals surface area contributed by atoms with Gasteiger partial charge in [0.15, 0.2) is 41.8 Å². The zero-order chi connectivity index (χ0) is 28.5. The molecule has 0 amide bonds. The highest BCUT2D eigenvalue weighted by molar-refractivity contribution is 6.73. The van der Waals surface area contributed by atoms with E-state index in [1.165, 1.54) is 0 Å². The molecule has 0 aromatic heterocycles. The highest BCUT2D eigenvalue weighted by Crippen LogP contribution is 2.52.